The maximum atomic E-state index is 5.55. The second kappa shape index (κ2) is 5.37. The summed E-state index contributed by atoms with van der Waals surface area (Å²) >= 11 is 0. The minimum atomic E-state index is -0.409. The van der Waals surface area contributed by atoms with Gasteiger partial charge in [-0.1, -0.05) is 43.5 Å². The Morgan fingerprint density at radius 2 is 2.07 bits per heavy atom. The summed E-state index contributed by atoms with van der Waals surface area (Å²) in [6.07, 6.45) is 2.96. The molecule has 0 heterocycles. The van der Waals surface area contributed by atoms with E-state index in [1.807, 2.05) is 24.3 Å². The molecule has 0 fully saturated rings. The molecule has 2 N–H and O–H groups in total. The molecule has 1 aromatic rings. The molecule has 1 rings (SSSR count). The molecule has 1 aromatic carbocycles. The molecule has 0 saturated carbocycles. The van der Waals surface area contributed by atoms with Crippen LogP contribution in [0, 0.1) is 0 Å². The normalized spacial score (nSPS) is 12.1. The van der Waals surface area contributed by atoms with Gasteiger partial charge in [0.15, 0.2) is 0 Å². The Kier molecular flexibility index (Phi) is 4.11. The van der Waals surface area contributed by atoms with Gasteiger partial charge in [0.25, 0.3) is 0 Å². The number of rotatable bonds is 5. The Morgan fingerprint density at radius 3 is 2.71 bits per heavy atom. The molecule has 1 atom stereocenters. The molecule has 0 saturated heterocycles. The van der Waals surface area contributed by atoms with Crippen molar-refractivity contribution in [1.29, 1.82) is 0 Å². The van der Waals surface area contributed by atoms with Gasteiger partial charge in [-0.25, -0.2) is 0 Å². The maximum Gasteiger partial charge on any atom is 0.125 e. The Morgan fingerprint density at radius 1 is 1.36 bits per heavy atom. The highest BCUT2D eigenvalue weighted by Crippen LogP contribution is 2.11. The third-order valence-electron chi connectivity index (χ3n) is 1.94. The van der Waals surface area contributed by atoms with Crippen LogP contribution in [0.25, 0.3) is 6.08 Å². The van der Waals surface area contributed by atoms with Crippen LogP contribution < -0.4 is 5.73 Å². The predicted molar refractivity (Wildman–Crippen MR) is 59.5 cm³/mol. The molecule has 0 aromatic heterocycles. The zero-order valence-electron chi connectivity index (χ0n) is 8.15. The van der Waals surface area contributed by atoms with Crippen LogP contribution >= 0.6 is 0 Å². The van der Waals surface area contributed by atoms with Crippen LogP contribution in [-0.2, 0) is 11.3 Å². The summed E-state index contributed by atoms with van der Waals surface area (Å²) in [5.41, 5.74) is 7.70. The zero-order chi connectivity index (χ0) is 10.4. The van der Waals surface area contributed by atoms with Crippen molar-refractivity contribution in [3.63, 3.8) is 0 Å². The van der Waals surface area contributed by atoms with E-state index in [-0.39, 0.29) is 0 Å². The highest BCUT2D eigenvalue weighted by Gasteiger charge is 2.00. The van der Waals surface area contributed by atoms with Gasteiger partial charge in [0.05, 0.1) is 6.61 Å². The Balaban J connectivity index is 2.66. The van der Waals surface area contributed by atoms with E-state index in [2.05, 4.69) is 13.2 Å². The van der Waals surface area contributed by atoms with E-state index in [0.29, 0.717) is 6.61 Å². The molecule has 2 heteroatoms. The van der Waals surface area contributed by atoms with Crippen molar-refractivity contribution in [1.82, 2.24) is 0 Å². The number of nitrogens with two attached hydrogens (primary N) is 1. The van der Waals surface area contributed by atoms with E-state index in [1.54, 1.807) is 12.2 Å². The van der Waals surface area contributed by atoms with E-state index < -0.39 is 6.23 Å². The van der Waals surface area contributed by atoms with Gasteiger partial charge >= 0.3 is 0 Å². The molecule has 0 spiro atoms. The summed E-state index contributed by atoms with van der Waals surface area (Å²) in [4.78, 5) is 0. The van der Waals surface area contributed by atoms with E-state index in [0.717, 1.165) is 11.1 Å². The smallest absolute Gasteiger partial charge is 0.125 e. The summed E-state index contributed by atoms with van der Waals surface area (Å²) in [5, 5.41) is 0. The first-order valence-corrected chi connectivity index (χ1v) is 4.48. The van der Waals surface area contributed by atoms with E-state index >= 15 is 0 Å². The summed E-state index contributed by atoms with van der Waals surface area (Å²) in [7, 11) is 0. The first-order chi connectivity index (χ1) is 6.77. The topological polar surface area (TPSA) is 35.2 Å². The molecule has 0 aliphatic carbocycles. The van der Waals surface area contributed by atoms with Crippen LogP contribution in [0.2, 0.25) is 0 Å². The highest BCUT2D eigenvalue weighted by molar-refractivity contribution is 5.51. The molecule has 14 heavy (non-hydrogen) atoms. The van der Waals surface area contributed by atoms with Crippen molar-refractivity contribution >= 4 is 6.08 Å². The lowest BCUT2D eigenvalue weighted by atomic mass is 10.1. The van der Waals surface area contributed by atoms with Gasteiger partial charge in [0, 0.05) is 0 Å². The molecular formula is C12H15NO. The second-order valence-electron chi connectivity index (χ2n) is 2.91. The van der Waals surface area contributed by atoms with Crippen LogP contribution in [0.3, 0.4) is 0 Å². The minimum Gasteiger partial charge on any atom is -0.355 e. The lowest BCUT2D eigenvalue weighted by Crippen LogP contribution is -2.20. The molecule has 0 bridgehead atoms. The number of hydrogen-bond donors (Lipinski definition) is 1. The van der Waals surface area contributed by atoms with E-state index in [1.165, 1.54) is 0 Å². The van der Waals surface area contributed by atoms with Gasteiger partial charge in [-0.05, 0) is 17.2 Å². The average Bonchev–Trinajstić information content (AvgIpc) is 2.26. The Hall–Kier alpha value is -1.38. The van der Waals surface area contributed by atoms with Crippen molar-refractivity contribution in [2.75, 3.05) is 0 Å². The van der Waals surface area contributed by atoms with Crippen molar-refractivity contribution in [2.45, 2.75) is 12.8 Å². The molecule has 0 aliphatic heterocycles. The number of benzene rings is 1. The molecule has 1 unspecified atom stereocenters. The van der Waals surface area contributed by atoms with Crippen molar-refractivity contribution in [2.24, 2.45) is 5.73 Å². The van der Waals surface area contributed by atoms with Gasteiger partial charge in [-0.2, -0.15) is 0 Å². The lowest BCUT2D eigenvalue weighted by molar-refractivity contribution is 0.0765. The van der Waals surface area contributed by atoms with Crippen molar-refractivity contribution in [3.8, 4) is 0 Å². The number of hydrogen-bond acceptors (Lipinski definition) is 2. The Bertz CT molecular complexity index is 320. The summed E-state index contributed by atoms with van der Waals surface area (Å²) < 4.78 is 5.33. The molecule has 0 amide bonds. The third-order valence-corrected chi connectivity index (χ3v) is 1.94. The fraction of sp³-hybridized carbons (Fsp3) is 0.167. The largest absolute Gasteiger partial charge is 0.355 e. The molecule has 0 radical (unpaired) electrons. The van der Waals surface area contributed by atoms with Crippen LogP contribution in [0.1, 0.15) is 11.1 Å². The fourth-order valence-corrected chi connectivity index (χ4v) is 1.12. The Labute approximate surface area is 84.7 Å². The minimum absolute atomic E-state index is 0.409. The van der Waals surface area contributed by atoms with E-state index in [4.69, 9.17) is 10.5 Å². The van der Waals surface area contributed by atoms with Gasteiger partial charge in [-0.15, -0.1) is 0 Å². The van der Waals surface area contributed by atoms with Gasteiger partial charge in [0.2, 0.25) is 0 Å². The number of ether oxygens (including phenoxy) is 1. The maximum absolute atomic E-state index is 5.55. The highest BCUT2D eigenvalue weighted by atomic mass is 16.5. The molecule has 0 aliphatic rings. The monoisotopic (exact) mass is 189 g/mol. The summed E-state index contributed by atoms with van der Waals surface area (Å²) in [6.45, 7) is 7.76. The van der Waals surface area contributed by atoms with Gasteiger partial charge in [-0.3, -0.25) is 0 Å². The van der Waals surface area contributed by atoms with Crippen LogP contribution in [0.15, 0.2) is 43.5 Å². The molecule has 2 nitrogen and oxygen atoms in total. The first kappa shape index (κ1) is 10.7. The fourth-order valence-electron chi connectivity index (χ4n) is 1.12. The summed E-state index contributed by atoms with van der Waals surface area (Å²) in [5.74, 6) is 0. The van der Waals surface area contributed by atoms with E-state index in [9.17, 15) is 0 Å². The molecule has 74 valence electrons. The van der Waals surface area contributed by atoms with Crippen molar-refractivity contribution < 1.29 is 4.74 Å². The summed E-state index contributed by atoms with van der Waals surface area (Å²) in [6, 6.07) is 7.91. The van der Waals surface area contributed by atoms with Crippen molar-refractivity contribution in [3.05, 3.63) is 54.6 Å². The third kappa shape index (κ3) is 2.83. The SMILES string of the molecule is C=Cc1ccccc1COC(N)C=C. The van der Waals surface area contributed by atoms with Gasteiger partial charge < -0.3 is 10.5 Å². The van der Waals surface area contributed by atoms with Gasteiger partial charge in [0.1, 0.15) is 6.23 Å². The lowest BCUT2D eigenvalue weighted by Gasteiger charge is -2.10. The quantitative estimate of drug-likeness (QED) is 0.570. The zero-order valence-corrected chi connectivity index (χ0v) is 8.15. The standard InChI is InChI=1S/C12H15NO/c1-3-10-7-5-6-8-11(10)9-14-12(13)4-2/h3-8,12H,1-2,9,13H2. The average molecular weight is 189 g/mol. The second-order valence-corrected chi connectivity index (χ2v) is 2.91. The van der Waals surface area contributed by atoms with Crippen LogP contribution in [0.4, 0.5) is 0 Å². The van der Waals surface area contributed by atoms with Crippen LogP contribution in [0.5, 0.6) is 0 Å². The first-order valence-electron chi connectivity index (χ1n) is 4.48. The predicted octanol–water partition coefficient (Wildman–Crippen LogP) is 2.32. The van der Waals surface area contributed by atoms with Crippen LogP contribution in [-0.4, -0.2) is 6.23 Å². The molecular weight excluding hydrogens is 174 g/mol.